The Morgan fingerprint density at radius 3 is 2.52 bits per heavy atom. The molecule has 1 atom stereocenters. The van der Waals surface area contributed by atoms with Crippen LogP contribution in [0.3, 0.4) is 0 Å². The summed E-state index contributed by atoms with van der Waals surface area (Å²) in [5.41, 5.74) is 0.938. The monoisotopic (exact) mass is 385 g/mol. The van der Waals surface area contributed by atoms with E-state index in [1.807, 2.05) is 43.3 Å². The average molecular weight is 386 g/mol. The smallest absolute Gasteiger partial charge is 0.271 e. The van der Waals surface area contributed by atoms with Gasteiger partial charge in [0.05, 0.1) is 13.2 Å². The molecule has 2 heterocycles. The van der Waals surface area contributed by atoms with Crippen LogP contribution in [0.25, 0.3) is 0 Å². The minimum Gasteiger partial charge on any atom is -0.494 e. The van der Waals surface area contributed by atoms with E-state index in [4.69, 9.17) is 16.3 Å². The van der Waals surface area contributed by atoms with Gasteiger partial charge in [-0.2, -0.15) is 0 Å². The fourth-order valence-corrected chi connectivity index (χ4v) is 4.29. The van der Waals surface area contributed by atoms with E-state index in [1.54, 1.807) is 0 Å². The SMILES string of the molecule is CCOc1ccc(N2C[C@@](O)(c3ccc(Cl)cc3)[N+]3=C2CCCCC3)cc1. The van der Waals surface area contributed by atoms with Crippen molar-refractivity contribution in [1.29, 1.82) is 0 Å². The summed E-state index contributed by atoms with van der Waals surface area (Å²) in [6.07, 6.45) is 4.41. The van der Waals surface area contributed by atoms with E-state index < -0.39 is 5.72 Å². The molecule has 5 heteroatoms. The molecule has 0 bridgehead atoms. The van der Waals surface area contributed by atoms with Crippen LogP contribution < -0.4 is 9.64 Å². The van der Waals surface area contributed by atoms with Gasteiger partial charge in [-0.05, 0) is 62.6 Å². The van der Waals surface area contributed by atoms with Gasteiger partial charge < -0.3 is 9.84 Å². The quantitative estimate of drug-likeness (QED) is 0.793. The van der Waals surface area contributed by atoms with Crippen molar-refractivity contribution in [3.8, 4) is 5.75 Å². The molecule has 0 saturated carbocycles. The van der Waals surface area contributed by atoms with Crippen LogP contribution in [-0.4, -0.2) is 35.2 Å². The third-order valence-electron chi connectivity index (χ3n) is 5.50. The highest BCUT2D eigenvalue weighted by Gasteiger charge is 2.51. The number of β-amino-alcohol motifs (C(OH)–C–C–N with tert-alkyl or cyclic N) is 1. The van der Waals surface area contributed by atoms with Crippen LogP contribution in [0.15, 0.2) is 48.5 Å². The minimum absolute atomic E-state index is 0.512. The maximum absolute atomic E-state index is 11.7. The topological polar surface area (TPSA) is 35.7 Å². The lowest BCUT2D eigenvalue weighted by Crippen LogP contribution is -2.41. The van der Waals surface area contributed by atoms with Gasteiger partial charge in [0.1, 0.15) is 11.4 Å². The molecule has 0 spiro atoms. The molecule has 142 valence electrons. The molecule has 2 aliphatic rings. The second-order valence-electron chi connectivity index (χ2n) is 7.22. The first-order valence-electron chi connectivity index (χ1n) is 9.74. The highest BCUT2D eigenvalue weighted by molar-refractivity contribution is 6.30. The maximum Gasteiger partial charge on any atom is 0.271 e. The summed E-state index contributed by atoms with van der Waals surface area (Å²) in [6, 6.07) is 15.7. The molecule has 27 heavy (non-hydrogen) atoms. The molecular weight excluding hydrogens is 360 g/mol. The molecule has 0 fully saturated rings. The molecule has 2 aliphatic heterocycles. The predicted octanol–water partition coefficient (Wildman–Crippen LogP) is 4.39. The molecule has 4 rings (SSSR count). The highest BCUT2D eigenvalue weighted by Crippen LogP contribution is 2.36. The lowest BCUT2D eigenvalue weighted by Gasteiger charge is -2.23. The number of amidine groups is 1. The van der Waals surface area contributed by atoms with Crippen LogP contribution >= 0.6 is 11.6 Å². The van der Waals surface area contributed by atoms with E-state index in [0.29, 0.717) is 18.2 Å². The summed E-state index contributed by atoms with van der Waals surface area (Å²) in [4.78, 5) is 2.26. The number of nitrogens with zero attached hydrogens (tertiary/aromatic N) is 2. The summed E-state index contributed by atoms with van der Waals surface area (Å²) in [6.45, 7) is 4.02. The second-order valence-corrected chi connectivity index (χ2v) is 7.65. The predicted molar refractivity (Wildman–Crippen MR) is 109 cm³/mol. The normalized spacial score (nSPS) is 22.6. The van der Waals surface area contributed by atoms with Crippen LogP contribution in [-0.2, 0) is 5.72 Å². The zero-order chi connectivity index (χ0) is 18.9. The van der Waals surface area contributed by atoms with E-state index >= 15 is 0 Å². The van der Waals surface area contributed by atoms with Gasteiger partial charge in [-0.3, -0.25) is 0 Å². The van der Waals surface area contributed by atoms with Gasteiger partial charge in [0.2, 0.25) is 0 Å². The van der Waals surface area contributed by atoms with E-state index in [1.165, 1.54) is 12.3 Å². The summed E-state index contributed by atoms with van der Waals surface area (Å²) in [5.74, 6) is 2.07. The van der Waals surface area contributed by atoms with Gasteiger partial charge in [-0.25, -0.2) is 9.48 Å². The summed E-state index contributed by atoms with van der Waals surface area (Å²) in [7, 11) is 0. The lowest BCUT2D eigenvalue weighted by atomic mass is 10.0. The van der Waals surface area contributed by atoms with Gasteiger partial charge in [-0.15, -0.1) is 0 Å². The number of aliphatic hydroxyl groups is 1. The van der Waals surface area contributed by atoms with Crippen LogP contribution in [0.2, 0.25) is 5.02 Å². The molecule has 0 radical (unpaired) electrons. The molecule has 0 amide bonds. The van der Waals surface area contributed by atoms with Crippen molar-refractivity contribution < 1.29 is 14.4 Å². The van der Waals surface area contributed by atoms with Gasteiger partial charge in [0.25, 0.3) is 11.6 Å². The zero-order valence-corrected chi connectivity index (χ0v) is 16.5. The maximum atomic E-state index is 11.7. The van der Waals surface area contributed by atoms with E-state index in [2.05, 4.69) is 21.6 Å². The molecule has 2 aromatic carbocycles. The molecule has 0 saturated heterocycles. The Kier molecular flexibility index (Phi) is 5.11. The first-order chi connectivity index (χ1) is 13.1. The van der Waals surface area contributed by atoms with Crippen LogP contribution in [0.4, 0.5) is 5.69 Å². The van der Waals surface area contributed by atoms with Crippen LogP contribution in [0.5, 0.6) is 5.75 Å². The van der Waals surface area contributed by atoms with Crippen molar-refractivity contribution in [3.05, 3.63) is 59.1 Å². The number of halogens is 1. The van der Waals surface area contributed by atoms with Gasteiger partial charge in [0, 0.05) is 17.0 Å². The van der Waals surface area contributed by atoms with E-state index in [0.717, 1.165) is 42.8 Å². The molecule has 2 aromatic rings. The van der Waals surface area contributed by atoms with Crippen molar-refractivity contribution in [2.24, 2.45) is 0 Å². The van der Waals surface area contributed by atoms with Gasteiger partial charge in [-0.1, -0.05) is 23.7 Å². The highest BCUT2D eigenvalue weighted by atomic mass is 35.5. The fourth-order valence-electron chi connectivity index (χ4n) is 4.16. The Balaban J connectivity index is 1.73. The number of rotatable bonds is 4. The van der Waals surface area contributed by atoms with Crippen molar-refractivity contribution in [3.63, 3.8) is 0 Å². The van der Waals surface area contributed by atoms with E-state index in [9.17, 15) is 5.11 Å². The third kappa shape index (κ3) is 3.44. The Bertz CT molecular complexity index is 832. The number of anilines is 1. The van der Waals surface area contributed by atoms with E-state index in [-0.39, 0.29) is 0 Å². The molecular formula is C22H26ClN2O2+. The zero-order valence-electron chi connectivity index (χ0n) is 15.7. The fraction of sp³-hybridized carbons (Fsp3) is 0.409. The first-order valence-corrected chi connectivity index (χ1v) is 10.1. The summed E-state index contributed by atoms with van der Waals surface area (Å²) < 4.78 is 7.77. The molecule has 0 unspecified atom stereocenters. The van der Waals surface area contributed by atoms with Gasteiger partial charge >= 0.3 is 0 Å². The Hall–Kier alpha value is -2.04. The Labute approximate surface area is 165 Å². The molecule has 0 aliphatic carbocycles. The number of hydrogen-bond acceptors (Lipinski definition) is 3. The first kappa shape index (κ1) is 18.3. The second kappa shape index (κ2) is 7.53. The van der Waals surface area contributed by atoms with Crippen molar-refractivity contribution in [1.82, 2.24) is 0 Å². The van der Waals surface area contributed by atoms with Crippen LogP contribution in [0, 0.1) is 0 Å². The Morgan fingerprint density at radius 2 is 1.81 bits per heavy atom. The summed E-state index contributed by atoms with van der Waals surface area (Å²) >= 11 is 6.07. The van der Waals surface area contributed by atoms with Crippen molar-refractivity contribution in [2.45, 2.75) is 38.3 Å². The Morgan fingerprint density at radius 1 is 1.07 bits per heavy atom. The third-order valence-corrected chi connectivity index (χ3v) is 5.75. The van der Waals surface area contributed by atoms with Crippen molar-refractivity contribution >= 4 is 23.1 Å². The van der Waals surface area contributed by atoms with Crippen LogP contribution in [0.1, 0.15) is 38.2 Å². The van der Waals surface area contributed by atoms with Gasteiger partial charge in [0.15, 0.2) is 6.54 Å². The number of benzene rings is 2. The molecule has 4 nitrogen and oxygen atoms in total. The average Bonchev–Trinajstić information content (AvgIpc) is 2.84. The standard InChI is InChI=1S/C22H26ClN2O2/c1-2-27-20-13-11-19(12-14-20)24-16-22(26,17-7-9-18(23)10-8-17)25-15-5-3-4-6-21(24)25/h7-14,26H,2-6,15-16H2,1H3/q+1/t22-/m1/s1. The molecule has 0 aromatic heterocycles. The van der Waals surface area contributed by atoms with Crippen molar-refractivity contribution in [2.75, 3.05) is 24.6 Å². The lowest BCUT2D eigenvalue weighted by molar-refractivity contribution is -0.658. The molecule has 1 N–H and O–H groups in total. The number of ether oxygens (including phenoxy) is 1. The largest absolute Gasteiger partial charge is 0.494 e. The minimum atomic E-state index is -1.04. The number of hydrogen-bond donors (Lipinski definition) is 1. The summed E-state index contributed by atoms with van der Waals surface area (Å²) in [5, 5.41) is 12.4.